The maximum atomic E-state index is 12.8. The summed E-state index contributed by atoms with van der Waals surface area (Å²) < 4.78 is 16.7. The van der Waals surface area contributed by atoms with Gasteiger partial charge in [-0.05, 0) is 122 Å². The smallest absolute Gasteiger partial charge is 0.306 e. The lowest BCUT2D eigenvalue weighted by molar-refractivity contribution is -0.167. The van der Waals surface area contributed by atoms with Gasteiger partial charge in [0.15, 0.2) is 6.10 Å². The van der Waals surface area contributed by atoms with E-state index < -0.39 is 6.10 Å². The third-order valence-electron chi connectivity index (χ3n) is 11.6. The van der Waals surface area contributed by atoms with Crippen molar-refractivity contribution < 1.29 is 28.6 Å². The Hall–Kier alpha value is -4.71. The largest absolute Gasteiger partial charge is 0.462 e. The maximum Gasteiger partial charge on any atom is 0.306 e. The molecule has 0 heterocycles. The minimum absolute atomic E-state index is 0.0959. The summed E-state index contributed by atoms with van der Waals surface area (Å²) in [6.07, 6.45) is 84.5. The van der Waals surface area contributed by atoms with Crippen molar-refractivity contribution in [3.63, 3.8) is 0 Å². The Balaban J connectivity index is 4.19. The molecule has 0 aromatic rings. The lowest BCUT2D eigenvalue weighted by atomic mass is 10.1. The van der Waals surface area contributed by atoms with Crippen LogP contribution in [0.1, 0.15) is 233 Å². The minimum Gasteiger partial charge on any atom is -0.462 e. The van der Waals surface area contributed by atoms with Crippen LogP contribution >= 0.6 is 0 Å². The van der Waals surface area contributed by atoms with Crippen LogP contribution in [0, 0.1) is 0 Å². The summed E-state index contributed by atoms with van der Waals surface area (Å²) in [5.41, 5.74) is 0. The van der Waals surface area contributed by atoms with Gasteiger partial charge >= 0.3 is 17.9 Å². The van der Waals surface area contributed by atoms with Gasteiger partial charge in [-0.1, -0.05) is 237 Å². The first-order chi connectivity index (χ1) is 35.5. The first kappa shape index (κ1) is 67.3. The van der Waals surface area contributed by atoms with Crippen molar-refractivity contribution in [2.75, 3.05) is 13.2 Å². The molecule has 72 heavy (non-hydrogen) atoms. The standard InChI is InChI=1S/C66H104O6/c1-4-7-10-13-16-18-20-22-24-25-26-27-28-29-30-31-32-33-34-35-36-37-38-39-40-41-43-44-46-48-50-53-56-59-65(68)71-62-63(61-70-64(67)58-55-52-15-12-9-6-3)72-66(69)60-57-54-51-49-47-45-42-23-21-19-17-14-11-8-5-2/h7-8,10-11,16-19,22-24,26-27,29-30,32-33,35-36,38-39,41-43,63H,4-6,9,12-15,20-21,25,28,31,34,37,40,44-62H2,1-3H3/b10-7-,11-8-,18-16-,19-17-,24-22-,27-26-,30-29-,33-32-,36-35-,39-38-,42-23-,43-41-. The van der Waals surface area contributed by atoms with E-state index in [0.29, 0.717) is 19.3 Å². The van der Waals surface area contributed by atoms with Gasteiger partial charge in [0.2, 0.25) is 0 Å². The molecule has 1 unspecified atom stereocenters. The van der Waals surface area contributed by atoms with Crippen molar-refractivity contribution in [2.45, 2.75) is 239 Å². The Morgan fingerprint density at radius 1 is 0.292 bits per heavy atom. The van der Waals surface area contributed by atoms with Gasteiger partial charge < -0.3 is 14.2 Å². The number of carbonyl (C=O) groups excluding carboxylic acids is 3. The highest BCUT2D eigenvalue weighted by Gasteiger charge is 2.19. The van der Waals surface area contributed by atoms with E-state index in [-0.39, 0.29) is 31.1 Å². The number of esters is 3. The molecule has 0 aromatic carbocycles. The highest BCUT2D eigenvalue weighted by Crippen LogP contribution is 2.13. The zero-order chi connectivity index (χ0) is 52.2. The van der Waals surface area contributed by atoms with Crippen LogP contribution in [0.2, 0.25) is 0 Å². The van der Waals surface area contributed by atoms with E-state index in [4.69, 9.17) is 14.2 Å². The van der Waals surface area contributed by atoms with Gasteiger partial charge in [-0.3, -0.25) is 14.4 Å². The van der Waals surface area contributed by atoms with Gasteiger partial charge in [-0.2, -0.15) is 0 Å². The summed E-state index contributed by atoms with van der Waals surface area (Å²) in [4.78, 5) is 37.8. The summed E-state index contributed by atoms with van der Waals surface area (Å²) in [5.74, 6) is -0.951. The average molecular weight is 994 g/mol. The van der Waals surface area contributed by atoms with Gasteiger partial charge in [-0.15, -0.1) is 0 Å². The Labute approximate surface area is 442 Å². The molecule has 404 valence electrons. The molecule has 0 rings (SSSR count). The van der Waals surface area contributed by atoms with E-state index in [1.54, 1.807) is 0 Å². The molecule has 1 atom stereocenters. The maximum absolute atomic E-state index is 12.8. The van der Waals surface area contributed by atoms with Gasteiger partial charge in [0.25, 0.3) is 0 Å². The Kier molecular flexibility index (Phi) is 55.0. The second kappa shape index (κ2) is 58.9. The topological polar surface area (TPSA) is 78.9 Å². The molecule has 0 saturated carbocycles. The zero-order valence-corrected chi connectivity index (χ0v) is 46.1. The van der Waals surface area contributed by atoms with E-state index in [1.807, 2.05) is 0 Å². The summed E-state index contributed by atoms with van der Waals surface area (Å²) >= 11 is 0. The molecule has 0 fully saturated rings. The molecule has 0 aliphatic carbocycles. The van der Waals surface area contributed by atoms with Crippen LogP contribution in [0.5, 0.6) is 0 Å². The van der Waals surface area contributed by atoms with Crippen LogP contribution in [-0.2, 0) is 28.6 Å². The van der Waals surface area contributed by atoms with Crippen molar-refractivity contribution >= 4 is 17.9 Å². The number of unbranched alkanes of at least 4 members (excludes halogenated alkanes) is 15. The van der Waals surface area contributed by atoms with Gasteiger partial charge in [0, 0.05) is 19.3 Å². The highest BCUT2D eigenvalue weighted by molar-refractivity contribution is 5.71. The summed E-state index contributed by atoms with van der Waals surface area (Å²) in [6, 6.07) is 0. The lowest BCUT2D eigenvalue weighted by Crippen LogP contribution is -2.30. The molecule has 0 bridgehead atoms. The van der Waals surface area contributed by atoms with Crippen LogP contribution in [0.25, 0.3) is 0 Å². The fraction of sp³-hybridized carbons (Fsp3) is 0.591. The average Bonchev–Trinajstić information content (AvgIpc) is 3.38. The van der Waals surface area contributed by atoms with Crippen LogP contribution in [-0.4, -0.2) is 37.2 Å². The predicted octanol–water partition coefficient (Wildman–Crippen LogP) is 19.6. The third-order valence-corrected chi connectivity index (χ3v) is 11.6. The molecular formula is C66H104O6. The van der Waals surface area contributed by atoms with Crippen LogP contribution in [0.3, 0.4) is 0 Å². The first-order valence-electron chi connectivity index (χ1n) is 28.8. The number of carbonyl (C=O) groups is 3. The molecule has 0 aliphatic heterocycles. The number of hydrogen-bond acceptors (Lipinski definition) is 6. The number of rotatable bonds is 50. The fourth-order valence-electron chi connectivity index (χ4n) is 7.33. The monoisotopic (exact) mass is 993 g/mol. The summed E-state index contributed by atoms with van der Waals surface area (Å²) in [6.45, 7) is 6.30. The van der Waals surface area contributed by atoms with Crippen LogP contribution in [0.4, 0.5) is 0 Å². The first-order valence-corrected chi connectivity index (χ1v) is 28.8. The van der Waals surface area contributed by atoms with Crippen molar-refractivity contribution in [1.29, 1.82) is 0 Å². The molecule has 6 nitrogen and oxygen atoms in total. The molecule has 0 radical (unpaired) electrons. The number of ether oxygens (including phenoxy) is 3. The van der Waals surface area contributed by atoms with E-state index in [1.165, 1.54) is 19.3 Å². The highest BCUT2D eigenvalue weighted by atomic mass is 16.6. The second-order valence-corrected chi connectivity index (χ2v) is 18.4. The SMILES string of the molecule is CC/C=C\C/C=C\C/C=C\C/C=C\C/C=C\C/C=C\C/C=C\C/C=C\C/C=C\CCCCCCCC(=O)OCC(COC(=O)CCCCCCCC)OC(=O)CCCCCCC/C=C\C/C=C\C/C=C\CC. The van der Waals surface area contributed by atoms with Gasteiger partial charge in [0.05, 0.1) is 0 Å². The molecule has 0 amide bonds. The third kappa shape index (κ3) is 56.2. The predicted molar refractivity (Wildman–Crippen MR) is 311 cm³/mol. The molecule has 0 saturated heterocycles. The Morgan fingerprint density at radius 2 is 0.542 bits per heavy atom. The molecule has 0 N–H and O–H groups in total. The van der Waals surface area contributed by atoms with E-state index in [0.717, 1.165) is 173 Å². The molecule has 6 heteroatoms. The molecule has 0 aliphatic rings. The van der Waals surface area contributed by atoms with Gasteiger partial charge in [-0.25, -0.2) is 0 Å². The van der Waals surface area contributed by atoms with E-state index in [2.05, 4.69) is 167 Å². The van der Waals surface area contributed by atoms with Crippen molar-refractivity contribution in [3.05, 3.63) is 146 Å². The number of allylic oxidation sites excluding steroid dienone is 24. The second-order valence-electron chi connectivity index (χ2n) is 18.4. The quantitative estimate of drug-likeness (QED) is 0.0261. The van der Waals surface area contributed by atoms with E-state index in [9.17, 15) is 14.4 Å². The molecular weight excluding hydrogens is 889 g/mol. The molecule has 0 aromatic heterocycles. The minimum atomic E-state index is -0.797. The summed E-state index contributed by atoms with van der Waals surface area (Å²) in [7, 11) is 0. The molecule has 0 spiro atoms. The van der Waals surface area contributed by atoms with Gasteiger partial charge in [0.1, 0.15) is 13.2 Å². The van der Waals surface area contributed by atoms with Crippen molar-refractivity contribution in [1.82, 2.24) is 0 Å². The Bertz CT molecular complexity index is 1610. The number of hydrogen-bond donors (Lipinski definition) is 0. The Morgan fingerprint density at radius 3 is 0.847 bits per heavy atom. The van der Waals surface area contributed by atoms with E-state index >= 15 is 0 Å². The van der Waals surface area contributed by atoms with Crippen LogP contribution < -0.4 is 0 Å². The zero-order valence-electron chi connectivity index (χ0n) is 46.1. The fourth-order valence-corrected chi connectivity index (χ4v) is 7.33. The lowest BCUT2D eigenvalue weighted by Gasteiger charge is -2.18. The summed E-state index contributed by atoms with van der Waals surface area (Å²) in [5, 5.41) is 0. The normalized spacial score (nSPS) is 13.2. The van der Waals surface area contributed by atoms with Crippen LogP contribution in [0.15, 0.2) is 146 Å². The van der Waals surface area contributed by atoms with Crippen molar-refractivity contribution in [3.8, 4) is 0 Å². The van der Waals surface area contributed by atoms with Crippen molar-refractivity contribution in [2.24, 2.45) is 0 Å².